The molecule has 0 aliphatic carbocycles. The van der Waals surface area contributed by atoms with E-state index >= 15 is 0 Å². The molecule has 0 spiro atoms. The SMILES string of the molecule is Cc1csc(SCc2ccccc2C(=O)Nc2cc(C(F)(F)F)c[nH]c2=O)n1. The zero-order valence-corrected chi connectivity index (χ0v) is 16.1. The number of thiazole rings is 1. The van der Waals surface area contributed by atoms with Gasteiger partial charge in [0.1, 0.15) is 10.0 Å². The van der Waals surface area contributed by atoms with Crippen LogP contribution in [0, 0.1) is 6.92 Å². The first-order chi connectivity index (χ1) is 13.2. The molecule has 28 heavy (non-hydrogen) atoms. The van der Waals surface area contributed by atoms with E-state index in [0.29, 0.717) is 23.6 Å². The maximum Gasteiger partial charge on any atom is 0.417 e. The number of benzene rings is 1. The van der Waals surface area contributed by atoms with Gasteiger partial charge in [-0.05, 0) is 24.6 Å². The van der Waals surface area contributed by atoms with Crippen molar-refractivity contribution in [1.82, 2.24) is 9.97 Å². The molecule has 0 bridgehead atoms. The number of aryl methyl sites for hydroxylation is 1. The van der Waals surface area contributed by atoms with Crippen molar-refractivity contribution in [3.63, 3.8) is 0 Å². The van der Waals surface area contributed by atoms with E-state index in [-0.39, 0.29) is 5.56 Å². The number of halogens is 3. The fourth-order valence-electron chi connectivity index (χ4n) is 2.34. The van der Waals surface area contributed by atoms with Crippen LogP contribution in [0.5, 0.6) is 0 Å². The molecule has 0 fully saturated rings. The Hall–Kier alpha value is -2.59. The first-order valence-corrected chi connectivity index (χ1v) is 9.84. The van der Waals surface area contributed by atoms with Crippen LogP contribution in [0.4, 0.5) is 18.9 Å². The summed E-state index contributed by atoms with van der Waals surface area (Å²) < 4.78 is 39.4. The van der Waals surface area contributed by atoms with Crippen molar-refractivity contribution in [2.45, 2.75) is 23.2 Å². The summed E-state index contributed by atoms with van der Waals surface area (Å²) in [7, 11) is 0. The van der Waals surface area contributed by atoms with E-state index < -0.39 is 28.9 Å². The molecule has 3 rings (SSSR count). The van der Waals surface area contributed by atoms with Gasteiger partial charge in [-0.3, -0.25) is 9.59 Å². The maximum absolute atomic E-state index is 12.8. The highest BCUT2D eigenvalue weighted by atomic mass is 32.2. The van der Waals surface area contributed by atoms with Gasteiger partial charge in [0.2, 0.25) is 0 Å². The van der Waals surface area contributed by atoms with Gasteiger partial charge in [0.15, 0.2) is 0 Å². The summed E-state index contributed by atoms with van der Waals surface area (Å²) in [6, 6.07) is 7.33. The standard InChI is InChI=1S/C18H14F3N3O2S2/c1-10-8-27-17(23-10)28-9-11-4-2-3-5-13(11)15(25)24-14-6-12(18(19,20)21)7-22-16(14)26/h2-8H,9H2,1H3,(H,22,26)(H,24,25). The monoisotopic (exact) mass is 425 g/mol. The molecule has 2 N–H and O–H groups in total. The number of anilines is 1. The zero-order chi connectivity index (χ0) is 20.3. The number of hydrogen-bond donors (Lipinski definition) is 2. The van der Waals surface area contributed by atoms with E-state index in [2.05, 4.69) is 10.3 Å². The highest BCUT2D eigenvalue weighted by molar-refractivity contribution is 8.00. The summed E-state index contributed by atoms with van der Waals surface area (Å²) in [5, 5.41) is 4.19. The first-order valence-electron chi connectivity index (χ1n) is 7.98. The number of aromatic amines is 1. The van der Waals surface area contributed by atoms with Gasteiger partial charge in [-0.1, -0.05) is 30.0 Å². The summed E-state index contributed by atoms with van der Waals surface area (Å²) in [4.78, 5) is 30.7. The summed E-state index contributed by atoms with van der Waals surface area (Å²) in [6.07, 6.45) is -4.07. The van der Waals surface area contributed by atoms with Crippen LogP contribution in [0.1, 0.15) is 27.2 Å². The minimum absolute atomic E-state index is 0.278. The summed E-state index contributed by atoms with van der Waals surface area (Å²) in [5.41, 5.74) is -0.460. The van der Waals surface area contributed by atoms with Gasteiger partial charge >= 0.3 is 6.18 Å². The minimum atomic E-state index is -4.63. The van der Waals surface area contributed by atoms with E-state index in [1.165, 1.54) is 23.1 Å². The zero-order valence-electron chi connectivity index (χ0n) is 14.5. The van der Waals surface area contributed by atoms with Crippen molar-refractivity contribution in [3.05, 3.63) is 74.6 Å². The fourth-order valence-corrected chi connectivity index (χ4v) is 4.19. The van der Waals surface area contributed by atoms with Gasteiger partial charge in [0.25, 0.3) is 11.5 Å². The number of nitrogens with one attached hydrogen (secondary N) is 2. The minimum Gasteiger partial charge on any atom is -0.327 e. The number of amides is 1. The second kappa shape index (κ2) is 8.19. The molecule has 146 valence electrons. The molecule has 3 aromatic rings. The molecule has 0 atom stereocenters. The summed E-state index contributed by atoms with van der Waals surface area (Å²) in [6.45, 7) is 1.88. The van der Waals surface area contributed by atoms with Crippen LogP contribution in [0.15, 0.2) is 51.0 Å². The lowest BCUT2D eigenvalue weighted by Gasteiger charge is -2.11. The highest BCUT2D eigenvalue weighted by Crippen LogP contribution is 2.30. The molecule has 10 heteroatoms. The summed E-state index contributed by atoms with van der Waals surface area (Å²) >= 11 is 2.94. The number of alkyl halides is 3. The van der Waals surface area contributed by atoms with Crippen molar-refractivity contribution in [2.24, 2.45) is 0 Å². The fraction of sp³-hybridized carbons (Fsp3) is 0.167. The van der Waals surface area contributed by atoms with Crippen molar-refractivity contribution in [2.75, 3.05) is 5.32 Å². The van der Waals surface area contributed by atoms with Gasteiger partial charge in [-0.2, -0.15) is 13.2 Å². The van der Waals surface area contributed by atoms with Gasteiger partial charge in [0, 0.05) is 28.6 Å². The largest absolute Gasteiger partial charge is 0.417 e. The highest BCUT2D eigenvalue weighted by Gasteiger charge is 2.31. The first kappa shape index (κ1) is 20.2. The molecule has 1 amide bonds. The third-order valence-corrected chi connectivity index (χ3v) is 5.88. The van der Waals surface area contributed by atoms with Crippen LogP contribution in [0.3, 0.4) is 0 Å². The molecule has 0 aliphatic rings. The Morgan fingerprint density at radius 1 is 1.32 bits per heavy atom. The van der Waals surface area contributed by atoms with Crippen LogP contribution in [0.25, 0.3) is 0 Å². The topological polar surface area (TPSA) is 74.8 Å². The van der Waals surface area contributed by atoms with E-state index in [1.54, 1.807) is 24.3 Å². The molecule has 5 nitrogen and oxygen atoms in total. The van der Waals surface area contributed by atoms with Gasteiger partial charge < -0.3 is 10.3 Å². The van der Waals surface area contributed by atoms with Crippen LogP contribution in [-0.4, -0.2) is 15.9 Å². The smallest absolute Gasteiger partial charge is 0.327 e. The molecule has 2 aromatic heterocycles. The number of rotatable bonds is 5. The number of H-pyrrole nitrogens is 1. The molecule has 0 radical (unpaired) electrons. The molecular formula is C18H14F3N3O2S2. The average Bonchev–Trinajstić information content (AvgIpc) is 3.06. The van der Waals surface area contributed by atoms with E-state index in [0.717, 1.165) is 10.0 Å². The van der Waals surface area contributed by atoms with Gasteiger partial charge in [-0.15, -0.1) is 11.3 Å². The predicted molar refractivity (Wildman–Crippen MR) is 103 cm³/mol. The van der Waals surface area contributed by atoms with Crippen LogP contribution in [0.2, 0.25) is 0 Å². The van der Waals surface area contributed by atoms with E-state index in [1.807, 2.05) is 17.3 Å². The van der Waals surface area contributed by atoms with Crippen LogP contribution >= 0.6 is 23.1 Å². The molecule has 0 saturated heterocycles. The Kier molecular flexibility index (Phi) is 5.90. The van der Waals surface area contributed by atoms with Gasteiger partial charge in [-0.25, -0.2) is 4.98 Å². The third kappa shape index (κ3) is 4.82. The van der Waals surface area contributed by atoms with Crippen molar-refractivity contribution in [3.8, 4) is 0 Å². The number of aromatic nitrogens is 2. The molecular weight excluding hydrogens is 411 g/mol. The number of nitrogens with zero attached hydrogens (tertiary/aromatic N) is 1. The number of hydrogen-bond acceptors (Lipinski definition) is 5. The predicted octanol–water partition coefficient (Wildman–Crippen LogP) is 4.70. The van der Waals surface area contributed by atoms with Crippen LogP contribution in [-0.2, 0) is 11.9 Å². The third-order valence-electron chi connectivity index (χ3n) is 3.69. The summed E-state index contributed by atoms with van der Waals surface area (Å²) in [5.74, 6) is -0.202. The Labute approximate surface area is 166 Å². The van der Waals surface area contributed by atoms with Crippen molar-refractivity contribution in [1.29, 1.82) is 0 Å². The Morgan fingerprint density at radius 2 is 2.07 bits per heavy atom. The Balaban J connectivity index is 1.81. The lowest BCUT2D eigenvalue weighted by molar-refractivity contribution is -0.137. The van der Waals surface area contributed by atoms with E-state index in [4.69, 9.17) is 0 Å². The molecule has 0 saturated carbocycles. The lowest BCUT2D eigenvalue weighted by Crippen LogP contribution is -2.22. The van der Waals surface area contributed by atoms with Crippen molar-refractivity contribution >= 4 is 34.7 Å². The molecule has 1 aromatic carbocycles. The number of pyridine rings is 1. The van der Waals surface area contributed by atoms with E-state index in [9.17, 15) is 22.8 Å². The number of carbonyl (C=O) groups excluding carboxylic acids is 1. The molecule has 0 aliphatic heterocycles. The Morgan fingerprint density at radius 3 is 2.75 bits per heavy atom. The number of carbonyl (C=O) groups is 1. The van der Waals surface area contributed by atoms with Crippen LogP contribution < -0.4 is 10.9 Å². The molecule has 0 unspecified atom stereocenters. The normalized spacial score (nSPS) is 11.4. The Bertz CT molecular complexity index is 1060. The number of thioether (sulfide) groups is 1. The van der Waals surface area contributed by atoms with Gasteiger partial charge in [0.05, 0.1) is 5.56 Å². The second-order valence-corrected chi connectivity index (χ2v) is 7.86. The lowest BCUT2D eigenvalue weighted by atomic mass is 10.1. The molecule has 2 heterocycles. The van der Waals surface area contributed by atoms with Crippen molar-refractivity contribution < 1.29 is 18.0 Å². The quantitative estimate of drug-likeness (QED) is 0.581. The maximum atomic E-state index is 12.8. The second-order valence-electron chi connectivity index (χ2n) is 5.78. The average molecular weight is 425 g/mol.